The number of carbonyl (C=O) groups excluding carboxylic acids is 2. The van der Waals surface area contributed by atoms with Crippen molar-refractivity contribution in [2.75, 3.05) is 7.11 Å². The first-order valence-electron chi connectivity index (χ1n) is 4.81. The summed E-state index contributed by atoms with van der Waals surface area (Å²) in [5, 5.41) is 5.29. The fourth-order valence-electron chi connectivity index (χ4n) is 1.18. The first kappa shape index (κ1) is 12.6. The van der Waals surface area contributed by atoms with Crippen LogP contribution in [0, 0.1) is 6.92 Å². The molecule has 16 heavy (non-hydrogen) atoms. The predicted molar refractivity (Wildman–Crippen MR) is 60.2 cm³/mol. The van der Waals surface area contributed by atoms with Crippen LogP contribution in [0.3, 0.4) is 0 Å². The molecule has 1 N–H and O–H groups in total. The molecule has 0 fully saturated rings. The van der Waals surface area contributed by atoms with Gasteiger partial charge in [0.15, 0.2) is 0 Å². The van der Waals surface area contributed by atoms with E-state index in [-0.39, 0.29) is 12.3 Å². The zero-order valence-electron chi connectivity index (χ0n) is 9.44. The molecule has 0 spiro atoms. The van der Waals surface area contributed by atoms with Crippen LogP contribution in [0.15, 0.2) is 5.38 Å². The topological polar surface area (TPSA) is 68.3 Å². The number of rotatable bonds is 4. The van der Waals surface area contributed by atoms with Gasteiger partial charge in [0, 0.05) is 5.38 Å². The van der Waals surface area contributed by atoms with Crippen molar-refractivity contribution < 1.29 is 14.3 Å². The monoisotopic (exact) mass is 242 g/mol. The van der Waals surface area contributed by atoms with Gasteiger partial charge in [0.1, 0.15) is 6.04 Å². The van der Waals surface area contributed by atoms with E-state index < -0.39 is 12.0 Å². The average Bonchev–Trinajstić information content (AvgIpc) is 2.62. The van der Waals surface area contributed by atoms with Crippen LogP contribution in [0.4, 0.5) is 0 Å². The molecule has 0 unspecified atom stereocenters. The molecule has 0 aliphatic carbocycles. The highest BCUT2D eigenvalue weighted by Crippen LogP contribution is 2.08. The number of nitrogens with zero attached hydrogens (tertiary/aromatic N) is 1. The van der Waals surface area contributed by atoms with Crippen molar-refractivity contribution in [1.29, 1.82) is 0 Å². The molecular weight excluding hydrogens is 228 g/mol. The molecule has 5 nitrogen and oxygen atoms in total. The Morgan fingerprint density at radius 3 is 2.81 bits per heavy atom. The second kappa shape index (κ2) is 5.60. The van der Waals surface area contributed by atoms with E-state index in [1.807, 2.05) is 12.3 Å². The molecule has 1 aromatic rings. The summed E-state index contributed by atoms with van der Waals surface area (Å²) in [7, 11) is 1.29. The van der Waals surface area contributed by atoms with Gasteiger partial charge in [-0.05, 0) is 13.8 Å². The second-order valence-electron chi connectivity index (χ2n) is 3.35. The Balaban J connectivity index is 2.45. The van der Waals surface area contributed by atoms with Crippen molar-refractivity contribution in [1.82, 2.24) is 10.3 Å². The lowest BCUT2D eigenvalue weighted by Gasteiger charge is -2.10. The summed E-state index contributed by atoms with van der Waals surface area (Å²) < 4.78 is 4.50. The van der Waals surface area contributed by atoms with Crippen LogP contribution in [0.1, 0.15) is 17.6 Å². The van der Waals surface area contributed by atoms with E-state index >= 15 is 0 Å². The van der Waals surface area contributed by atoms with Crippen molar-refractivity contribution in [3.8, 4) is 0 Å². The van der Waals surface area contributed by atoms with Crippen LogP contribution in [0.25, 0.3) is 0 Å². The Morgan fingerprint density at radius 2 is 2.31 bits per heavy atom. The number of methoxy groups -OCH3 is 1. The summed E-state index contributed by atoms with van der Waals surface area (Å²) in [6.45, 7) is 3.46. The fraction of sp³-hybridized carbons (Fsp3) is 0.500. The van der Waals surface area contributed by atoms with E-state index in [9.17, 15) is 9.59 Å². The van der Waals surface area contributed by atoms with E-state index in [0.717, 1.165) is 10.7 Å². The van der Waals surface area contributed by atoms with Gasteiger partial charge in [-0.2, -0.15) is 0 Å². The maximum atomic E-state index is 11.5. The lowest BCUT2D eigenvalue weighted by atomic mass is 10.3. The summed E-state index contributed by atoms with van der Waals surface area (Å²) >= 11 is 1.49. The number of aromatic nitrogens is 1. The largest absolute Gasteiger partial charge is 0.467 e. The van der Waals surface area contributed by atoms with Crippen molar-refractivity contribution in [2.24, 2.45) is 0 Å². The highest BCUT2D eigenvalue weighted by Gasteiger charge is 2.16. The summed E-state index contributed by atoms with van der Waals surface area (Å²) in [5.41, 5.74) is 0.720. The molecule has 88 valence electrons. The zero-order chi connectivity index (χ0) is 12.1. The molecule has 0 saturated heterocycles. The molecule has 6 heteroatoms. The van der Waals surface area contributed by atoms with Crippen molar-refractivity contribution in [3.63, 3.8) is 0 Å². The van der Waals surface area contributed by atoms with Crippen LogP contribution >= 0.6 is 11.3 Å². The number of thiazole rings is 1. The standard InChI is InChI=1S/C10H14N2O3S/c1-6(10(14)15-3)11-9(13)4-8-5-16-7(2)12-8/h5-6H,4H2,1-3H3,(H,11,13)/t6-/m1/s1. The first-order chi connectivity index (χ1) is 7.52. The maximum Gasteiger partial charge on any atom is 0.328 e. The van der Waals surface area contributed by atoms with Crippen molar-refractivity contribution >= 4 is 23.2 Å². The third-order valence-corrected chi connectivity index (χ3v) is 2.76. The molecule has 0 aliphatic rings. The molecule has 0 aromatic carbocycles. The molecule has 1 atom stereocenters. The Labute approximate surface area is 97.8 Å². The number of hydrogen-bond donors (Lipinski definition) is 1. The van der Waals surface area contributed by atoms with Gasteiger partial charge < -0.3 is 10.1 Å². The lowest BCUT2D eigenvalue weighted by Crippen LogP contribution is -2.39. The van der Waals surface area contributed by atoms with Gasteiger partial charge in [0.25, 0.3) is 0 Å². The minimum absolute atomic E-state index is 0.186. The Kier molecular flexibility index (Phi) is 4.42. The third-order valence-electron chi connectivity index (χ3n) is 1.94. The van der Waals surface area contributed by atoms with Gasteiger partial charge in [-0.3, -0.25) is 4.79 Å². The number of esters is 1. The quantitative estimate of drug-likeness (QED) is 0.788. The molecule has 0 saturated carbocycles. The van der Waals surface area contributed by atoms with Gasteiger partial charge in [-0.25, -0.2) is 9.78 Å². The minimum atomic E-state index is -0.628. The van der Waals surface area contributed by atoms with E-state index in [1.165, 1.54) is 18.4 Å². The molecule has 0 bridgehead atoms. The van der Waals surface area contributed by atoms with Gasteiger partial charge in [-0.1, -0.05) is 0 Å². The Morgan fingerprint density at radius 1 is 1.62 bits per heavy atom. The third kappa shape index (κ3) is 3.62. The number of carbonyl (C=O) groups is 2. The van der Waals surface area contributed by atoms with E-state index in [1.54, 1.807) is 6.92 Å². The summed E-state index contributed by atoms with van der Waals surface area (Å²) in [5.74, 6) is -0.689. The molecule has 1 rings (SSSR count). The number of amides is 1. The van der Waals surface area contributed by atoms with Crippen LogP contribution in [-0.4, -0.2) is 30.0 Å². The molecule has 0 radical (unpaired) electrons. The van der Waals surface area contributed by atoms with Crippen LogP contribution in [0.2, 0.25) is 0 Å². The molecule has 0 aliphatic heterocycles. The fourth-order valence-corrected chi connectivity index (χ4v) is 1.79. The number of hydrogen-bond acceptors (Lipinski definition) is 5. The minimum Gasteiger partial charge on any atom is -0.467 e. The van der Waals surface area contributed by atoms with E-state index in [0.29, 0.717) is 0 Å². The first-order valence-corrected chi connectivity index (χ1v) is 5.69. The van der Waals surface area contributed by atoms with Crippen LogP contribution < -0.4 is 5.32 Å². The summed E-state index contributed by atoms with van der Waals surface area (Å²) in [6.07, 6.45) is 0.186. The number of nitrogens with one attached hydrogen (secondary N) is 1. The van der Waals surface area contributed by atoms with Gasteiger partial charge in [0.2, 0.25) is 5.91 Å². The van der Waals surface area contributed by atoms with E-state index in [4.69, 9.17) is 0 Å². The molecule has 1 heterocycles. The van der Waals surface area contributed by atoms with Crippen molar-refractivity contribution in [3.05, 3.63) is 16.1 Å². The van der Waals surface area contributed by atoms with Crippen LogP contribution in [0.5, 0.6) is 0 Å². The Hall–Kier alpha value is -1.43. The van der Waals surface area contributed by atoms with Gasteiger partial charge in [-0.15, -0.1) is 11.3 Å². The van der Waals surface area contributed by atoms with E-state index in [2.05, 4.69) is 15.0 Å². The zero-order valence-corrected chi connectivity index (χ0v) is 10.3. The average molecular weight is 242 g/mol. The lowest BCUT2D eigenvalue weighted by molar-refractivity contribution is -0.144. The SMILES string of the molecule is COC(=O)[C@@H](C)NC(=O)Cc1csc(C)n1. The molecular formula is C10H14N2O3S. The van der Waals surface area contributed by atoms with Gasteiger partial charge in [0.05, 0.1) is 24.2 Å². The van der Waals surface area contributed by atoms with Gasteiger partial charge >= 0.3 is 5.97 Å². The second-order valence-corrected chi connectivity index (χ2v) is 4.41. The normalized spacial score (nSPS) is 11.9. The summed E-state index contributed by atoms with van der Waals surface area (Å²) in [4.78, 5) is 26.7. The summed E-state index contributed by atoms with van der Waals surface area (Å²) in [6, 6.07) is -0.628. The number of ether oxygens (including phenoxy) is 1. The smallest absolute Gasteiger partial charge is 0.328 e. The highest BCUT2D eigenvalue weighted by molar-refractivity contribution is 7.09. The molecule has 1 aromatic heterocycles. The van der Waals surface area contributed by atoms with Crippen LogP contribution in [-0.2, 0) is 20.7 Å². The Bertz CT molecular complexity index is 389. The van der Waals surface area contributed by atoms with Crippen molar-refractivity contribution in [2.45, 2.75) is 26.3 Å². The predicted octanol–water partition coefficient (Wildman–Crippen LogP) is 0.672. The highest BCUT2D eigenvalue weighted by atomic mass is 32.1. The molecule has 1 amide bonds. The number of aryl methyl sites for hydroxylation is 1. The maximum absolute atomic E-state index is 11.5.